The normalized spacial score (nSPS) is 17.1. The van der Waals surface area contributed by atoms with Crippen molar-refractivity contribution in [1.82, 2.24) is 0 Å². The van der Waals surface area contributed by atoms with E-state index >= 15 is 0 Å². The van der Waals surface area contributed by atoms with E-state index in [1.807, 2.05) is 11.8 Å². The van der Waals surface area contributed by atoms with Crippen molar-refractivity contribution in [2.24, 2.45) is 0 Å². The van der Waals surface area contributed by atoms with Crippen molar-refractivity contribution in [1.29, 1.82) is 0 Å². The standard InChI is InChI=1S/C28H26NS/c1-21(22-14-16-26(17-15-22)29(2)3)18-27-19-25(23-10-6-4-7-11-23)20-28(30-27)24-12-8-5-9-13-24/h4-20H,1-3H3/q+1. The average molecular weight is 409 g/mol. The molecule has 2 heteroatoms. The van der Waals surface area contributed by atoms with Crippen LogP contribution in [-0.4, -0.2) is 24.4 Å². The highest BCUT2D eigenvalue weighted by atomic mass is 32.2. The van der Waals surface area contributed by atoms with Gasteiger partial charge in [-0.1, -0.05) is 72.4 Å². The van der Waals surface area contributed by atoms with Crippen molar-refractivity contribution in [3.05, 3.63) is 130 Å². The molecule has 4 rings (SSSR count). The Balaban J connectivity index is 1.73. The minimum Gasteiger partial charge on any atom is -0.235 e. The number of allylic oxidation sites excluding steroid dienone is 10. The maximum absolute atomic E-state index is 2.30. The lowest BCUT2D eigenvalue weighted by atomic mass is 10.0. The molecular formula is C28H26NS+. The summed E-state index contributed by atoms with van der Waals surface area (Å²) in [7, 11) is 4.14. The molecule has 2 aromatic rings. The predicted molar refractivity (Wildman–Crippen MR) is 133 cm³/mol. The lowest BCUT2D eigenvalue weighted by Crippen LogP contribution is -2.09. The lowest BCUT2D eigenvalue weighted by Gasteiger charge is -2.17. The van der Waals surface area contributed by atoms with E-state index in [1.165, 1.54) is 43.4 Å². The van der Waals surface area contributed by atoms with Gasteiger partial charge in [0, 0.05) is 22.0 Å². The number of hydrogen-bond acceptors (Lipinski definition) is 1. The van der Waals surface area contributed by atoms with Gasteiger partial charge in [0.05, 0.1) is 0 Å². The summed E-state index contributed by atoms with van der Waals surface area (Å²) in [5.74, 6) is 0. The fourth-order valence-electron chi connectivity index (χ4n) is 3.45. The Labute approximate surface area is 183 Å². The topological polar surface area (TPSA) is 3.01 Å². The summed E-state index contributed by atoms with van der Waals surface area (Å²) in [6.07, 6.45) is 15.6. The Morgan fingerprint density at radius 1 is 0.767 bits per heavy atom. The third-order valence-corrected chi connectivity index (χ3v) is 6.22. The van der Waals surface area contributed by atoms with E-state index in [0.29, 0.717) is 0 Å². The van der Waals surface area contributed by atoms with E-state index in [9.17, 15) is 0 Å². The van der Waals surface area contributed by atoms with E-state index < -0.39 is 0 Å². The van der Waals surface area contributed by atoms with Gasteiger partial charge in [0.15, 0.2) is 5.71 Å². The molecule has 2 aromatic carbocycles. The van der Waals surface area contributed by atoms with Crippen molar-refractivity contribution in [3.63, 3.8) is 0 Å². The van der Waals surface area contributed by atoms with Crippen molar-refractivity contribution >= 4 is 28.0 Å². The van der Waals surface area contributed by atoms with Gasteiger partial charge in [-0.15, -0.1) is 0 Å². The Bertz CT molecular complexity index is 1130. The van der Waals surface area contributed by atoms with E-state index in [4.69, 9.17) is 0 Å². The summed E-state index contributed by atoms with van der Waals surface area (Å²) >= 11 is 1.83. The van der Waals surface area contributed by atoms with E-state index in [1.54, 1.807) is 0 Å². The molecule has 0 atom stereocenters. The number of benzene rings is 2. The fourth-order valence-corrected chi connectivity index (χ4v) is 4.57. The first-order chi connectivity index (χ1) is 14.6. The summed E-state index contributed by atoms with van der Waals surface area (Å²) in [5, 5.41) is 0. The second kappa shape index (κ2) is 9.15. The number of rotatable bonds is 3. The van der Waals surface area contributed by atoms with Gasteiger partial charge in [0.1, 0.15) is 14.1 Å². The van der Waals surface area contributed by atoms with E-state index in [2.05, 4.69) is 129 Å². The van der Waals surface area contributed by atoms with Crippen LogP contribution in [0.25, 0.3) is 10.5 Å². The average Bonchev–Trinajstić information content (AvgIpc) is 2.80. The zero-order chi connectivity index (χ0) is 20.9. The van der Waals surface area contributed by atoms with Crippen LogP contribution >= 0.6 is 11.8 Å². The molecule has 0 saturated carbocycles. The monoisotopic (exact) mass is 408 g/mol. The molecular weight excluding hydrogens is 382 g/mol. The molecule has 1 nitrogen and oxygen atoms in total. The van der Waals surface area contributed by atoms with Crippen molar-refractivity contribution in [3.8, 4) is 0 Å². The van der Waals surface area contributed by atoms with Crippen molar-refractivity contribution < 1.29 is 4.58 Å². The lowest BCUT2D eigenvalue weighted by molar-refractivity contribution is -0.462. The molecule has 0 N–H and O–H groups in total. The molecule has 2 aliphatic rings. The maximum Gasteiger partial charge on any atom is 0.199 e. The summed E-state index contributed by atoms with van der Waals surface area (Å²) in [4.78, 5) is 2.53. The highest BCUT2D eigenvalue weighted by Gasteiger charge is 2.14. The molecule has 0 amide bonds. The van der Waals surface area contributed by atoms with Crippen LogP contribution in [0.15, 0.2) is 119 Å². The van der Waals surface area contributed by atoms with Crippen molar-refractivity contribution in [2.45, 2.75) is 6.92 Å². The van der Waals surface area contributed by atoms with Crippen LogP contribution < -0.4 is 0 Å². The van der Waals surface area contributed by atoms with Gasteiger partial charge < -0.3 is 0 Å². The molecule has 1 heterocycles. The van der Waals surface area contributed by atoms with Crippen LogP contribution in [-0.2, 0) is 0 Å². The first kappa shape index (κ1) is 20.2. The number of thioether (sulfide) groups is 1. The Morgan fingerprint density at radius 2 is 1.37 bits per heavy atom. The van der Waals surface area contributed by atoms with E-state index in [-0.39, 0.29) is 0 Å². The zero-order valence-corrected chi connectivity index (χ0v) is 18.5. The van der Waals surface area contributed by atoms with Gasteiger partial charge in [-0.05, 0) is 65.2 Å². The summed E-state index contributed by atoms with van der Waals surface area (Å²) in [6.45, 7) is 2.19. The zero-order valence-electron chi connectivity index (χ0n) is 17.7. The van der Waals surface area contributed by atoms with Gasteiger partial charge in [0.25, 0.3) is 0 Å². The number of hydrogen-bond donors (Lipinski definition) is 0. The second-order valence-corrected chi connectivity index (χ2v) is 8.73. The van der Waals surface area contributed by atoms with Crippen molar-refractivity contribution in [2.75, 3.05) is 14.1 Å². The van der Waals surface area contributed by atoms with Gasteiger partial charge in [-0.2, -0.15) is 0 Å². The Kier molecular flexibility index (Phi) is 6.15. The highest BCUT2D eigenvalue weighted by Crippen LogP contribution is 2.42. The van der Waals surface area contributed by atoms with Crippen LogP contribution in [0.5, 0.6) is 0 Å². The van der Waals surface area contributed by atoms with Gasteiger partial charge in [0.2, 0.25) is 0 Å². The van der Waals surface area contributed by atoms with Gasteiger partial charge in [-0.3, -0.25) is 0 Å². The third-order valence-electron chi connectivity index (χ3n) is 5.18. The molecule has 0 fully saturated rings. The van der Waals surface area contributed by atoms with Crippen LogP contribution in [0.1, 0.15) is 18.1 Å². The SMILES string of the molecule is CC(C=C1C=C(c2ccccc2)C=C(c2ccccc2)S1)=C1C=CC(=[N+](C)C)C=C1. The minimum atomic E-state index is 1.21. The Morgan fingerprint density at radius 3 is 1.97 bits per heavy atom. The predicted octanol–water partition coefficient (Wildman–Crippen LogP) is 6.90. The molecule has 30 heavy (non-hydrogen) atoms. The molecule has 0 unspecified atom stereocenters. The molecule has 0 bridgehead atoms. The smallest absolute Gasteiger partial charge is 0.199 e. The quantitative estimate of drug-likeness (QED) is 0.499. The van der Waals surface area contributed by atoms with Crippen LogP contribution in [0.2, 0.25) is 0 Å². The molecule has 148 valence electrons. The minimum absolute atomic E-state index is 1.21. The fraction of sp³-hybridized carbons (Fsp3) is 0.107. The summed E-state index contributed by atoms with van der Waals surface area (Å²) in [5.41, 5.74) is 7.47. The molecule has 1 aliphatic heterocycles. The third kappa shape index (κ3) is 4.72. The summed E-state index contributed by atoms with van der Waals surface area (Å²) < 4.78 is 2.13. The maximum atomic E-state index is 2.30. The first-order valence-electron chi connectivity index (χ1n) is 10.2. The van der Waals surface area contributed by atoms with Crippen LogP contribution in [0.3, 0.4) is 0 Å². The second-order valence-electron chi connectivity index (χ2n) is 7.61. The first-order valence-corrected chi connectivity index (χ1v) is 11.0. The molecule has 0 spiro atoms. The summed E-state index contributed by atoms with van der Waals surface area (Å²) in [6, 6.07) is 21.2. The molecule has 0 radical (unpaired) electrons. The van der Waals surface area contributed by atoms with E-state index in [0.717, 1.165) is 0 Å². The molecule has 1 aliphatic carbocycles. The van der Waals surface area contributed by atoms with Gasteiger partial charge >= 0.3 is 0 Å². The van der Waals surface area contributed by atoms with Gasteiger partial charge in [-0.25, -0.2) is 4.58 Å². The number of nitrogens with zero attached hydrogens (tertiary/aromatic N) is 1. The van der Waals surface area contributed by atoms with Crippen LogP contribution in [0.4, 0.5) is 0 Å². The Hall–Kier alpha value is -3.10. The molecule has 0 saturated heterocycles. The molecule has 0 aromatic heterocycles. The highest BCUT2D eigenvalue weighted by molar-refractivity contribution is 8.12. The van der Waals surface area contributed by atoms with Crippen LogP contribution in [0, 0.1) is 0 Å². The largest absolute Gasteiger partial charge is 0.235 e.